The predicted molar refractivity (Wildman–Crippen MR) is 42.1 cm³/mol. The lowest BCUT2D eigenvalue weighted by atomic mass is 9.70. The molecule has 1 heteroatoms. The minimum atomic E-state index is 0.105. The summed E-state index contributed by atoms with van der Waals surface area (Å²) in [6, 6.07) is 0. The third-order valence-corrected chi connectivity index (χ3v) is 4.51. The van der Waals surface area contributed by atoms with Crippen LogP contribution < -0.4 is 0 Å². The van der Waals surface area contributed by atoms with Crippen molar-refractivity contribution in [1.82, 2.24) is 0 Å². The highest BCUT2D eigenvalue weighted by Crippen LogP contribution is 2.77. The predicted octanol–water partition coefficient (Wildman–Crippen LogP) is 2.01. The molecule has 0 aromatic rings. The summed E-state index contributed by atoms with van der Waals surface area (Å²) in [6.45, 7) is 4.48. The highest BCUT2D eigenvalue weighted by atomic mass is 16.1. The summed E-state index contributed by atoms with van der Waals surface area (Å²) in [7, 11) is 0. The quantitative estimate of drug-likeness (QED) is 0.516. The summed E-state index contributed by atoms with van der Waals surface area (Å²) in [6.07, 6.45) is 3.68. The Labute approximate surface area is 67.2 Å². The molecule has 4 aliphatic carbocycles. The van der Waals surface area contributed by atoms with Gasteiger partial charge in [-0.1, -0.05) is 13.8 Å². The normalized spacial score (nSPS) is 65.1. The van der Waals surface area contributed by atoms with Crippen LogP contribution in [0.3, 0.4) is 0 Å². The molecule has 0 N–H and O–H groups in total. The number of ketones is 1. The Hall–Kier alpha value is -0.330. The highest BCUT2D eigenvalue weighted by Gasteiger charge is 2.76. The maximum absolute atomic E-state index is 11.7. The van der Waals surface area contributed by atoms with Crippen LogP contribution in [0.1, 0.15) is 33.1 Å². The van der Waals surface area contributed by atoms with Crippen LogP contribution in [0.15, 0.2) is 0 Å². The van der Waals surface area contributed by atoms with E-state index >= 15 is 0 Å². The first-order chi connectivity index (χ1) is 5.08. The molecule has 0 saturated heterocycles. The third kappa shape index (κ3) is 0.447. The molecule has 4 unspecified atom stereocenters. The van der Waals surface area contributed by atoms with Gasteiger partial charge in [0.2, 0.25) is 0 Å². The van der Waals surface area contributed by atoms with E-state index in [0.717, 1.165) is 5.92 Å². The molecule has 4 saturated carbocycles. The van der Waals surface area contributed by atoms with Crippen molar-refractivity contribution in [1.29, 1.82) is 0 Å². The molecule has 4 bridgehead atoms. The average molecular weight is 150 g/mol. The smallest absolute Gasteiger partial charge is 0.142 e. The van der Waals surface area contributed by atoms with Crippen LogP contribution in [0.25, 0.3) is 0 Å². The van der Waals surface area contributed by atoms with E-state index < -0.39 is 0 Å². The molecule has 0 aromatic carbocycles. The van der Waals surface area contributed by atoms with Crippen molar-refractivity contribution in [2.24, 2.45) is 22.7 Å². The van der Waals surface area contributed by atoms with Gasteiger partial charge in [-0.2, -0.15) is 0 Å². The van der Waals surface area contributed by atoms with Gasteiger partial charge >= 0.3 is 0 Å². The molecule has 4 rings (SSSR count). The fourth-order valence-electron chi connectivity index (χ4n) is 3.87. The van der Waals surface area contributed by atoms with E-state index in [1.807, 2.05) is 0 Å². The summed E-state index contributed by atoms with van der Waals surface area (Å²) in [5.74, 6) is 1.87. The Morgan fingerprint density at radius 1 is 1.45 bits per heavy atom. The molecule has 0 radical (unpaired) electrons. The van der Waals surface area contributed by atoms with Crippen molar-refractivity contribution in [2.75, 3.05) is 0 Å². The molecular weight excluding hydrogens is 136 g/mol. The van der Waals surface area contributed by atoms with Crippen molar-refractivity contribution >= 4 is 5.78 Å². The zero-order valence-electron chi connectivity index (χ0n) is 7.18. The van der Waals surface area contributed by atoms with Gasteiger partial charge in [-0.05, 0) is 30.6 Å². The Morgan fingerprint density at radius 2 is 2.18 bits per heavy atom. The number of Topliss-reactive ketones (excluding diaryl/α,β-unsaturated/α-hetero) is 1. The summed E-state index contributed by atoms with van der Waals surface area (Å²) in [4.78, 5) is 11.7. The van der Waals surface area contributed by atoms with E-state index in [9.17, 15) is 4.79 Å². The fraction of sp³-hybridized carbons (Fsp3) is 0.900. The zero-order chi connectivity index (χ0) is 7.85. The van der Waals surface area contributed by atoms with Crippen molar-refractivity contribution in [3.05, 3.63) is 0 Å². The summed E-state index contributed by atoms with van der Waals surface area (Å²) in [5, 5.41) is 0. The number of hydrogen-bond donors (Lipinski definition) is 0. The number of rotatable bonds is 0. The summed E-state index contributed by atoms with van der Waals surface area (Å²) < 4.78 is 0. The lowest BCUT2D eigenvalue weighted by Crippen LogP contribution is -2.32. The monoisotopic (exact) mass is 150 g/mol. The first-order valence-corrected chi connectivity index (χ1v) is 4.62. The maximum atomic E-state index is 11.7. The molecule has 0 spiro atoms. The van der Waals surface area contributed by atoms with Crippen LogP contribution in [-0.2, 0) is 4.79 Å². The molecule has 1 nitrogen and oxygen atoms in total. The van der Waals surface area contributed by atoms with Crippen LogP contribution >= 0.6 is 0 Å². The number of carbonyl (C=O) groups excluding carboxylic acids is 1. The second-order valence-electron chi connectivity index (χ2n) is 5.23. The second kappa shape index (κ2) is 1.30. The van der Waals surface area contributed by atoms with Crippen molar-refractivity contribution in [3.63, 3.8) is 0 Å². The van der Waals surface area contributed by atoms with Gasteiger partial charge in [0, 0.05) is 11.3 Å². The molecule has 0 aliphatic heterocycles. The molecule has 0 amide bonds. The van der Waals surface area contributed by atoms with Crippen LogP contribution in [0.5, 0.6) is 0 Å². The van der Waals surface area contributed by atoms with Gasteiger partial charge in [0.1, 0.15) is 5.78 Å². The van der Waals surface area contributed by atoms with Gasteiger partial charge in [0.25, 0.3) is 0 Å². The first-order valence-electron chi connectivity index (χ1n) is 4.62. The van der Waals surface area contributed by atoms with Gasteiger partial charge in [0.15, 0.2) is 0 Å². The largest absolute Gasteiger partial charge is 0.299 e. The van der Waals surface area contributed by atoms with Crippen LogP contribution in [0.2, 0.25) is 0 Å². The minimum absolute atomic E-state index is 0.105. The van der Waals surface area contributed by atoms with E-state index in [1.54, 1.807) is 0 Å². The fourth-order valence-corrected chi connectivity index (χ4v) is 3.87. The van der Waals surface area contributed by atoms with Crippen molar-refractivity contribution < 1.29 is 4.79 Å². The second-order valence-corrected chi connectivity index (χ2v) is 5.23. The van der Waals surface area contributed by atoms with E-state index in [0.29, 0.717) is 17.1 Å². The molecule has 60 valence electrons. The van der Waals surface area contributed by atoms with Crippen molar-refractivity contribution in [3.8, 4) is 0 Å². The van der Waals surface area contributed by atoms with Gasteiger partial charge < -0.3 is 0 Å². The standard InChI is InChI=1S/C10H14O/c1-9-4-3-6-7(8(9)11)10(6,2)5-9/h6-7H,3-5H2,1-2H3. The highest BCUT2D eigenvalue weighted by molar-refractivity contribution is 5.94. The van der Waals surface area contributed by atoms with E-state index in [4.69, 9.17) is 0 Å². The Balaban J connectivity index is 2.12. The molecule has 0 heterocycles. The summed E-state index contributed by atoms with van der Waals surface area (Å²) in [5.41, 5.74) is 0.568. The van der Waals surface area contributed by atoms with E-state index in [1.165, 1.54) is 19.3 Å². The minimum Gasteiger partial charge on any atom is -0.299 e. The van der Waals surface area contributed by atoms with Crippen molar-refractivity contribution in [2.45, 2.75) is 33.1 Å². The van der Waals surface area contributed by atoms with E-state index in [-0.39, 0.29) is 5.41 Å². The average Bonchev–Trinajstić information content (AvgIpc) is 2.45. The molecule has 4 aliphatic rings. The SMILES string of the molecule is CC12CCC3C(C1=O)C3(C)C2. The Kier molecular flexibility index (Phi) is 0.733. The van der Waals surface area contributed by atoms with Crippen LogP contribution in [-0.4, -0.2) is 5.78 Å². The molecule has 4 fully saturated rings. The van der Waals surface area contributed by atoms with Gasteiger partial charge in [-0.15, -0.1) is 0 Å². The van der Waals surface area contributed by atoms with Gasteiger partial charge in [-0.3, -0.25) is 4.79 Å². The Bertz CT molecular complexity index is 258. The molecular formula is C10H14O. The lowest BCUT2D eigenvalue weighted by Gasteiger charge is -2.33. The lowest BCUT2D eigenvalue weighted by molar-refractivity contribution is -0.130. The number of hydrogen-bond acceptors (Lipinski definition) is 1. The number of fused-ring (bicyclic) bond motifs is 1. The first kappa shape index (κ1) is 6.22. The van der Waals surface area contributed by atoms with Gasteiger partial charge in [-0.25, -0.2) is 0 Å². The number of carbonyl (C=O) groups is 1. The van der Waals surface area contributed by atoms with Gasteiger partial charge in [0.05, 0.1) is 0 Å². The zero-order valence-corrected chi connectivity index (χ0v) is 7.18. The molecule has 4 atom stereocenters. The topological polar surface area (TPSA) is 17.1 Å². The Morgan fingerprint density at radius 3 is 2.55 bits per heavy atom. The van der Waals surface area contributed by atoms with Crippen LogP contribution in [0, 0.1) is 22.7 Å². The third-order valence-electron chi connectivity index (χ3n) is 4.51. The molecule has 0 aromatic heterocycles. The van der Waals surface area contributed by atoms with Crippen LogP contribution in [0.4, 0.5) is 0 Å². The molecule has 11 heavy (non-hydrogen) atoms. The maximum Gasteiger partial charge on any atom is 0.142 e. The summed E-state index contributed by atoms with van der Waals surface area (Å²) >= 11 is 0. The van der Waals surface area contributed by atoms with E-state index in [2.05, 4.69) is 13.8 Å².